The van der Waals surface area contributed by atoms with Gasteiger partial charge in [0.1, 0.15) is 6.04 Å². The van der Waals surface area contributed by atoms with Crippen molar-refractivity contribution in [2.75, 3.05) is 13.1 Å². The van der Waals surface area contributed by atoms with Gasteiger partial charge in [-0.05, 0) is 38.1 Å². The van der Waals surface area contributed by atoms with Gasteiger partial charge in [-0.1, -0.05) is 19.8 Å². The zero-order valence-electron chi connectivity index (χ0n) is 11.8. The van der Waals surface area contributed by atoms with Crippen molar-refractivity contribution in [2.24, 2.45) is 11.7 Å². The molecule has 1 aliphatic heterocycles. The Labute approximate surface area is 115 Å². The van der Waals surface area contributed by atoms with Gasteiger partial charge in [-0.15, -0.1) is 0 Å². The second-order valence-electron chi connectivity index (χ2n) is 5.34. The molecule has 1 heterocycles. The van der Waals surface area contributed by atoms with E-state index in [1.807, 2.05) is 0 Å². The lowest BCUT2D eigenvalue weighted by Gasteiger charge is -2.37. The number of hydrogen-bond acceptors (Lipinski definition) is 3. The van der Waals surface area contributed by atoms with E-state index in [-0.39, 0.29) is 5.91 Å². The monoisotopic (exact) mass is 270 g/mol. The van der Waals surface area contributed by atoms with Gasteiger partial charge in [0.05, 0.1) is 0 Å². The fourth-order valence-electron chi connectivity index (χ4n) is 2.68. The Morgan fingerprint density at radius 1 is 1.32 bits per heavy atom. The lowest BCUT2D eigenvalue weighted by Crippen LogP contribution is -2.50. The van der Waals surface area contributed by atoms with E-state index in [4.69, 9.17) is 5.73 Å². The lowest BCUT2D eigenvalue weighted by molar-refractivity contribution is -0.153. The van der Waals surface area contributed by atoms with Gasteiger partial charge in [0.15, 0.2) is 0 Å². The Morgan fingerprint density at radius 3 is 2.63 bits per heavy atom. The zero-order valence-corrected chi connectivity index (χ0v) is 11.8. The van der Waals surface area contributed by atoms with E-state index in [1.165, 1.54) is 0 Å². The van der Waals surface area contributed by atoms with E-state index in [9.17, 15) is 14.7 Å². The summed E-state index contributed by atoms with van der Waals surface area (Å²) in [5.74, 6) is -0.449. The van der Waals surface area contributed by atoms with Gasteiger partial charge >= 0.3 is 5.97 Å². The number of carboxylic acids is 1. The zero-order chi connectivity index (χ0) is 14.3. The largest absolute Gasteiger partial charge is 0.480 e. The third-order valence-electron chi connectivity index (χ3n) is 3.99. The summed E-state index contributed by atoms with van der Waals surface area (Å²) in [5, 5.41) is 9.27. The summed E-state index contributed by atoms with van der Waals surface area (Å²) in [6.45, 7) is 3.31. The summed E-state index contributed by atoms with van der Waals surface area (Å²) in [6, 6.07) is -0.624. The summed E-state index contributed by atoms with van der Waals surface area (Å²) < 4.78 is 0. The van der Waals surface area contributed by atoms with Gasteiger partial charge in [0, 0.05) is 13.0 Å². The Hall–Kier alpha value is -1.10. The molecule has 1 fully saturated rings. The molecule has 0 aromatic heterocycles. The molecule has 0 radical (unpaired) electrons. The smallest absolute Gasteiger partial charge is 0.326 e. The predicted molar refractivity (Wildman–Crippen MR) is 73.7 cm³/mol. The van der Waals surface area contributed by atoms with Gasteiger partial charge in [-0.3, -0.25) is 4.79 Å². The maximum absolute atomic E-state index is 12.1. The molecular weight excluding hydrogens is 244 g/mol. The van der Waals surface area contributed by atoms with Gasteiger partial charge < -0.3 is 15.7 Å². The Morgan fingerprint density at radius 2 is 2.05 bits per heavy atom. The SMILES string of the molecule is CCC1CCN(C(=O)CCCCCN)C(C(=O)O)C1. The van der Waals surface area contributed by atoms with Crippen molar-refractivity contribution in [3.8, 4) is 0 Å². The maximum atomic E-state index is 12.1. The second-order valence-corrected chi connectivity index (χ2v) is 5.34. The highest BCUT2D eigenvalue weighted by molar-refractivity contribution is 5.83. The van der Waals surface area contributed by atoms with Crippen molar-refractivity contribution in [1.29, 1.82) is 0 Å². The number of nitrogens with zero attached hydrogens (tertiary/aromatic N) is 1. The summed E-state index contributed by atoms with van der Waals surface area (Å²) in [6.07, 6.45) is 5.62. The number of unbranched alkanes of at least 4 members (excludes halogenated alkanes) is 2. The molecule has 5 nitrogen and oxygen atoms in total. The Bertz CT molecular complexity index is 307. The van der Waals surface area contributed by atoms with Crippen LogP contribution in [0.2, 0.25) is 0 Å². The van der Waals surface area contributed by atoms with Crippen molar-refractivity contribution in [2.45, 2.75) is 57.9 Å². The average Bonchev–Trinajstić information content (AvgIpc) is 2.42. The maximum Gasteiger partial charge on any atom is 0.326 e. The molecule has 0 aliphatic carbocycles. The number of rotatable bonds is 7. The van der Waals surface area contributed by atoms with Crippen LogP contribution in [0, 0.1) is 5.92 Å². The van der Waals surface area contributed by atoms with E-state index < -0.39 is 12.0 Å². The van der Waals surface area contributed by atoms with Crippen LogP contribution >= 0.6 is 0 Å². The van der Waals surface area contributed by atoms with Crippen molar-refractivity contribution in [3.05, 3.63) is 0 Å². The van der Waals surface area contributed by atoms with Crippen LogP contribution in [0.1, 0.15) is 51.9 Å². The van der Waals surface area contributed by atoms with Crippen LogP contribution in [0.3, 0.4) is 0 Å². The van der Waals surface area contributed by atoms with Crippen LogP contribution in [0.5, 0.6) is 0 Å². The van der Waals surface area contributed by atoms with E-state index >= 15 is 0 Å². The number of carboxylic acid groups (broad SMARTS) is 1. The third kappa shape index (κ3) is 4.82. The molecule has 0 spiro atoms. The number of hydrogen-bond donors (Lipinski definition) is 2. The molecule has 1 aliphatic rings. The van der Waals surface area contributed by atoms with E-state index in [0.29, 0.717) is 31.8 Å². The fraction of sp³-hybridized carbons (Fsp3) is 0.857. The van der Waals surface area contributed by atoms with Crippen LogP contribution in [0.25, 0.3) is 0 Å². The molecule has 110 valence electrons. The van der Waals surface area contributed by atoms with E-state index in [0.717, 1.165) is 32.1 Å². The fourth-order valence-corrected chi connectivity index (χ4v) is 2.68. The normalized spacial score (nSPS) is 23.4. The lowest BCUT2D eigenvalue weighted by atomic mass is 9.88. The van der Waals surface area contributed by atoms with E-state index in [1.54, 1.807) is 4.90 Å². The van der Waals surface area contributed by atoms with Crippen LogP contribution in [0.4, 0.5) is 0 Å². The first-order chi connectivity index (χ1) is 9.10. The predicted octanol–water partition coefficient (Wildman–Crippen LogP) is 1.61. The van der Waals surface area contributed by atoms with Crippen molar-refractivity contribution in [1.82, 2.24) is 4.90 Å². The minimum atomic E-state index is -0.867. The molecule has 0 aromatic carbocycles. The Kier molecular flexibility index (Phi) is 6.84. The number of piperidine rings is 1. The first-order valence-electron chi connectivity index (χ1n) is 7.32. The molecule has 0 bridgehead atoms. The minimum Gasteiger partial charge on any atom is -0.480 e. The molecule has 0 saturated carbocycles. The van der Waals surface area contributed by atoms with Crippen molar-refractivity contribution in [3.63, 3.8) is 0 Å². The van der Waals surface area contributed by atoms with Gasteiger partial charge in [0.25, 0.3) is 0 Å². The van der Waals surface area contributed by atoms with Crippen LogP contribution in [-0.2, 0) is 9.59 Å². The highest BCUT2D eigenvalue weighted by atomic mass is 16.4. The van der Waals surface area contributed by atoms with Gasteiger partial charge in [-0.25, -0.2) is 4.79 Å². The molecule has 2 unspecified atom stereocenters. The van der Waals surface area contributed by atoms with Gasteiger partial charge in [-0.2, -0.15) is 0 Å². The summed E-state index contributed by atoms with van der Waals surface area (Å²) in [7, 11) is 0. The minimum absolute atomic E-state index is 0.0148. The van der Waals surface area contributed by atoms with Crippen molar-refractivity contribution >= 4 is 11.9 Å². The van der Waals surface area contributed by atoms with Crippen LogP contribution in [-0.4, -0.2) is 41.0 Å². The molecular formula is C14H26N2O3. The summed E-state index contributed by atoms with van der Waals surface area (Å²) >= 11 is 0. The number of likely N-dealkylation sites (tertiary alicyclic amines) is 1. The molecule has 1 amide bonds. The standard InChI is InChI=1S/C14H26N2O3/c1-2-11-7-9-16(12(10-11)14(18)19)13(17)6-4-3-5-8-15/h11-12H,2-10,15H2,1H3,(H,18,19). The van der Waals surface area contributed by atoms with Crippen LogP contribution < -0.4 is 5.73 Å². The number of aliphatic carboxylic acids is 1. The third-order valence-corrected chi connectivity index (χ3v) is 3.99. The summed E-state index contributed by atoms with van der Waals surface area (Å²) in [5.41, 5.74) is 5.41. The Balaban J connectivity index is 2.49. The number of carbonyl (C=O) groups excluding carboxylic acids is 1. The quantitative estimate of drug-likeness (QED) is 0.688. The number of carbonyl (C=O) groups is 2. The number of amides is 1. The van der Waals surface area contributed by atoms with Crippen LogP contribution in [0.15, 0.2) is 0 Å². The topological polar surface area (TPSA) is 83.6 Å². The summed E-state index contributed by atoms with van der Waals surface area (Å²) in [4.78, 5) is 25.0. The molecule has 1 saturated heterocycles. The average molecular weight is 270 g/mol. The molecule has 0 aromatic rings. The molecule has 3 N–H and O–H groups in total. The van der Waals surface area contributed by atoms with Crippen molar-refractivity contribution < 1.29 is 14.7 Å². The van der Waals surface area contributed by atoms with E-state index in [2.05, 4.69) is 6.92 Å². The first-order valence-corrected chi connectivity index (χ1v) is 7.32. The molecule has 2 atom stereocenters. The number of nitrogens with two attached hydrogens (primary N) is 1. The second kappa shape index (κ2) is 8.15. The molecule has 5 heteroatoms. The molecule has 1 rings (SSSR count). The van der Waals surface area contributed by atoms with Gasteiger partial charge in [0.2, 0.25) is 5.91 Å². The highest BCUT2D eigenvalue weighted by Crippen LogP contribution is 2.26. The highest BCUT2D eigenvalue weighted by Gasteiger charge is 2.35. The first kappa shape index (κ1) is 16.0. The molecule has 19 heavy (non-hydrogen) atoms.